The minimum Gasteiger partial charge on any atom is -0.439 e. The van der Waals surface area contributed by atoms with Crippen LogP contribution in [0.3, 0.4) is 0 Å². The fraction of sp³-hybridized carbons (Fsp3) is 0.154. The van der Waals surface area contributed by atoms with Gasteiger partial charge in [-0.25, -0.2) is 4.98 Å². The molecule has 1 aromatic heterocycles. The molecule has 0 bridgehead atoms. The van der Waals surface area contributed by atoms with Crippen LogP contribution in [0.15, 0.2) is 36.5 Å². The molecule has 17 heavy (non-hydrogen) atoms. The number of nitrogens with two attached hydrogens (primary N) is 1. The minimum atomic E-state index is 0.479. The summed E-state index contributed by atoms with van der Waals surface area (Å²) in [5.74, 6) is 1.30. The smallest absolute Gasteiger partial charge is 0.219 e. The first kappa shape index (κ1) is 11.9. The Labute approximate surface area is 105 Å². The molecule has 1 heterocycles. The number of benzene rings is 1. The van der Waals surface area contributed by atoms with E-state index in [4.69, 9.17) is 22.1 Å². The standard InChI is InChI=1S/C13H13ClN2O/c1-9-6-11(14)3-4-12(9)17-13-5-2-10(7-15)8-16-13/h2-6,8H,7,15H2,1H3. The first-order valence-corrected chi connectivity index (χ1v) is 5.66. The maximum Gasteiger partial charge on any atom is 0.219 e. The van der Waals surface area contributed by atoms with Crippen LogP contribution in [0.25, 0.3) is 0 Å². The number of nitrogens with zero attached hydrogens (tertiary/aromatic N) is 1. The number of halogens is 1. The molecule has 3 nitrogen and oxygen atoms in total. The molecule has 2 N–H and O–H groups in total. The summed E-state index contributed by atoms with van der Waals surface area (Å²) < 4.78 is 5.65. The van der Waals surface area contributed by atoms with E-state index in [2.05, 4.69) is 4.98 Å². The van der Waals surface area contributed by atoms with Gasteiger partial charge in [0.05, 0.1) is 0 Å². The highest BCUT2D eigenvalue weighted by molar-refractivity contribution is 6.30. The summed E-state index contributed by atoms with van der Waals surface area (Å²) in [6.07, 6.45) is 1.71. The Morgan fingerprint density at radius 3 is 2.71 bits per heavy atom. The molecule has 0 atom stereocenters. The summed E-state index contributed by atoms with van der Waals surface area (Å²) in [5, 5.41) is 0.696. The van der Waals surface area contributed by atoms with Gasteiger partial charge in [0.25, 0.3) is 0 Å². The first-order valence-electron chi connectivity index (χ1n) is 5.28. The van der Waals surface area contributed by atoms with Gasteiger partial charge in [0.1, 0.15) is 5.75 Å². The van der Waals surface area contributed by atoms with E-state index in [1.54, 1.807) is 18.3 Å². The largest absolute Gasteiger partial charge is 0.439 e. The van der Waals surface area contributed by atoms with Crippen molar-refractivity contribution in [3.63, 3.8) is 0 Å². The number of pyridine rings is 1. The van der Waals surface area contributed by atoms with Gasteiger partial charge in [0.15, 0.2) is 0 Å². The molecule has 2 aromatic rings. The van der Waals surface area contributed by atoms with Gasteiger partial charge in [0.2, 0.25) is 5.88 Å². The number of hydrogen-bond donors (Lipinski definition) is 1. The van der Waals surface area contributed by atoms with Gasteiger partial charge >= 0.3 is 0 Å². The lowest BCUT2D eigenvalue weighted by atomic mass is 10.2. The predicted molar refractivity (Wildman–Crippen MR) is 68.4 cm³/mol. The van der Waals surface area contributed by atoms with Gasteiger partial charge in [-0.05, 0) is 36.2 Å². The van der Waals surface area contributed by atoms with Crippen molar-refractivity contribution in [2.75, 3.05) is 0 Å². The Morgan fingerprint density at radius 1 is 1.29 bits per heavy atom. The molecule has 0 radical (unpaired) electrons. The predicted octanol–water partition coefficient (Wildman–Crippen LogP) is 3.29. The Balaban J connectivity index is 2.19. The fourth-order valence-corrected chi connectivity index (χ4v) is 1.66. The van der Waals surface area contributed by atoms with Crippen LogP contribution < -0.4 is 10.5 Å². The van der Waals surface area contributed by atoms with Crippen LogP contribution in [0.4, 0.5) is 0 Å². The van der Waals surface area contributed by atoms with E-state index in [0.717, 1.165) is 16.9 Å². The van der Waals surface area contributed by atoms with Crippen LogP contribution in [0, 0.1) is 6.92 Å². The number of ether oxygens (including phenoxy) is 1. The Hall–Kier alpha value is -1.58. The van der Waals surface area contributed by atoms with Crippen LogP contribution in [-0.4, -0.2) is 4.98 Å². The molecule has 0 aliphatic heterocycles. The third-order valence-electron chi connectivity index (χ3n) is 2.38. The van der Waals surface area contributed by atoms with Crippen molar-refractivity contribution in [2.45, 2.75) is 13.5 Å². The van der Waals surface area contributed by atoms with E-state index >= 15 is 0 Å². The third kappa shape index (κ3) is 2.96. The van der Waals surface area contributed by atoms with Crippen molar-refractivity contribution in [3.05, 3.63) is 52.7 Å². The van der Waals surface area contributed by atoms with E-state index in [1.165, 1.54) is 0 Å². The SMILES string of the molecule is Cc1cc(Cl)ccc1Oc1ccc(CN)cn1. The molecule has 2 rings (SSSR count). The van der Waals surface area contributed by atoms with Gasteiger partial charge in [-0.3, -0.25) is 0 Å². The van der Waals surface area contributed by atoms with E-state index in [9.17, 15) is 0 Å². The molecule has 0 saturated heterocycles. The van der Waals surface area contributed by atoms with Crippen molar-refractivity contribution in [1.82, 2.24) is 4.98 Å². The summed E-state index contributed by atoms with van der Waals surface area (Å²) in [4.78, 5) is 4.17. The summed E-state index contributed by atoms with van der Waals surface area (Å²) in [7, 11) is 0. The van der Waals surface area contributed by atoms with E-state index < -0.39 is 0 Å². The fourth-order valence-electron chi connectivity index (χ4n) is 1.43. The summed E-state index contributed by atoms with van der Waals surface area (Å²) in [6, 6.07) is 9.17. The lowest BCUT2D eigenvalue weighted by Gasteiger charge is -2.08. The van der Waals surface area contributed by atoms with Gasteiger partial charge in [-0.15, -0.1) is 0 Å². The van der Waals surface area contributed by atoms with Crippen LogP contribution in [0.5, 0.6) is 11.6 Å². The summed E-state index contributed by atoms with van der Waals surface area (Å²) >= 11 is 5.87. The molecule has 4 heteroatoms. The zero-order valence-corrected chi connectivity index (χ0v) is 10.2. The van der Waals surface area contributed by atoms with Crippen molar-refractivity contribution in [1.29, 1.82) is 0 Å². The third-order valence-corrected chi connectivity index (χ3v) is 2.62. The van der Waals surface area contributed by atoms with Gasteiger partial charge in [0, 0.05) is 23.8 Å². The molecule has 88 valence electrons. The molecule has 0 aliphatic rings. The second-order valence-corrected chi connectivity index (χ2v) is 4.16. The average molecular weight is 249 g/mol. The highest BCUT2D eigenvalue weighted by Gasteiger charge is 2.03. The number of hydrogen-bond acceptors (Lipinski definition) is 3. The van der Waals surface area contributed by atoms with E-state index in [0.29, 0.717) is 17.4 Å². The Morgan fingerprint density at radius 2 is 2.12 bits per heavy atom. The van der Waals surface area contributed by atoms with Crippen molar-refractivity contribution >= 4 is 11.6 Å². The molecular weight excluding hydrogens is 236 g/mol. The quantitative estimate of drug-likeness (QED) is 0.907. The minimum absolute atomic E-state index is 0.479. The summed E-state index contributed by atoms with van der Waals surface area (Å²) in [5.41, 5.74) is 7.45. The van der Waals surface area contributed by atoms with Crippen LogP contribution in [-0.2, 0) is 6.54 Å². The Kier molecular flexibility index (Phi) is 3.61. The summed E-state index contributed by atoms with van der Waals surface area (Å²) in [6.45, 7) is 2.42. The maximum absolute atomic E-state index is 5.87. The lowest BCUT2D eigenvalue weighted by molar-refractivity contribution is 0.459. The second kappa shape index (κ2) is 5.17. The van der Waals surface area contributed by atoms with Gasteiger partial charge in [-0.2, -0.15) is 0 Å². The number of rotatable bonds is 3. The topological polar surface area (TPSA) is 48.1 Å². The van der Waals surface area contributed by atoms with Gasteiger partial charge < -0.3 is 10.5 Å². The molecule has 0 amide bonds. The average Bonchev–Trinajstić information content (AvgIpc) is 2.34. The number of aromatic nitrogens is 1. The monoisotopic (exact) mass is 248 g/mol. The molecule has 0 aliphatic carbocycles. The van der Waals surface area contributed by atoms with E-state index in [-0.39, 0.29) is 0 Å². The van der Waals surface area contributed by atoms with E-state index in [1.807, 2.05) is 25.1 Å². The zero-order valence-electron chi connectivity index (χ0n) is 9.48. The molecule has 0 fully saturated rings. The van der Waals surface area contributed by atoms with Crippen molar-refractivity contribution in [2.24, 2.45) is 5.73 Å². The maximum atomic E-state index is 5.87. The first-order chi connectivity index (χ1) is 8.19. The number of aryl methyl sites for hydroxylation is 1. The molecule has 0 unspecified atom stereocenters. The lowest BCUT2D eigenvalue weighted by Crippen LogP contribution is -1.97. The highest BCUT2D eigenvalue weighted by atomic mass is 35.5. The van der Waals surface area contributed by atoms with Gasteiger partial charge in [-0.1, -0.05) is 17.7 Å². The van der Waals surface area contributed by atoms with Crippen LogP contribution in [0.1, 0.15) is 11.1 Å². The Bertz CT molecular complexity index is 511. The van der Waals surface area contributed by atoms with Crippen LogP contribution >= 0.6 is 11.6 Å². The van der Waals surface area contributed by atoms with Crippen molar-refractivity contribution < 1.29 is 4.74 Å². The normalized spacial score (nSPS) is 10.3. The van der Waals surface area contributed by atoms with Crippen LogP contribution in [0.2, 0.25) is 5.02 Å². The second-order valence-electron chi connectivity index (χ2n) is 3.72. The van der Waals surface area contributed by atoms with Crippen molar-refractivity contribution in [3.8, 4) is 11.6 Å². The molecular formula is C13H13ClN2O. The molecule has 1 aromatic carbocycles. The molecule has 0 saturated carbocycles. The zero-order chi connectivity index (χ0) is 12.3. The highest BCUT2D eigenvalue weighted by Crippen LogP contribution is 2.26. The molecule has 0 spiro atoms.